The van der Waals surface area contributed by atoms with Crippen LogP contribution in [0.3, 0.4) is 0 Å². The maximum Gasteiger partial charge on any atom is 0.310 e. The lowest BCUT2D eigenvalue weighted by molar-refractivity contribution is -0.161. The van der Waals surface area contributed by atoms with Gasteiger partial charge in [-0.25, -0.2) is 0 Å². The van der Waals surface area contributed by atoms with E-state index in [1.54, 1.807) is 0 Å². The van der Waals surface area contributed by atoms with E-state index < -0.39 is 0 Å². The molecule has 1 N–H and O–H groups in total. The van der Waals surface area contributed by atoms with Crippen molar-refractivity contribution in [1.82, 2.24) is 5.32 Å². The Morgan fingerprint density at radius 1 is 1.26 bits per heavy atom. The Morgan fingerprint density at radius 3 is 2.53 bits per heavy atom. The highest BCUT2D eigenvalue weighted by molar-refractivity contribution is 5.73. The van der Waals surface area contributed by atoms with Gasteiger partial charge in [0, 0.05) is 5.92 Å². The number of carbonyl (C=O) groups excluding carboxylic acids is 1. The third-order valence-electron chi connectivity index (χ3n) is 3.89. The van der Waals surface area contributed by atoms with Crippen molar-refractivity contribution in [3.05, 3.63) is 35.9 Å². The fraction of sp³-hybridized carbons (Fsp3) is 0.562. The molecule has 3 heteroatoms. The minimum atomic E-state index is -0.367. The number of rotatable bonds is 4. The Balaban J connectivity index is 1.90. The summed E-state index contributed by atoms with van der Waals surface area (Å²) in [6.07, 6.45) is 2.51. The summed E-state index contributed by atoms with van der Waals surface area (Å²) in [5.74, 6) is 0.322. The van der Waals surface area contributed by atoms with E-state index in [2.05, 4.69) is 5.32 Å². The lowest BCUT2D eigenvalue weighted by Crippen LogP contribution is -2.43. The third-order valence-corrected chi connectivity index (χ3v) is 3.89. The van der Waals surface area contributed by atoms with Crippen molar-refractivity contribution in [3.63, 3.8) is 0 Å². The molecule has 1 heterocycles. The average molecular weight is 261 g/mol. The van der Waals surface area contributed by atoms with Gasteiger partial charge < -0.3 is 10.1 Å². The van der Waals surface area contributed by atoms with Gasteiger partial charge in [-0.1, -0.05) is 30.3 Å². The molecule has 0 atom stereocenters. The van der Waals surface area contributed by atoms with E-state index in [1.807, 2.05) is 44.2 Å². The maximum absolute atomic E-state index is 12.0. The van der Waals surface area contributed by atoms with Crippen molar-refractivity contribution < 1.29 is 9.53 Å². The summed E-state index contributed by atoms with van der Waals surface area (Å²) >= 11 is 0. The summed E-state index contributed by atoms with van der Waals surface area (Å²) in [6.45, 7) is 6.10. The summed E-state index contributed by atoms with van der Waals surface area (Å²) in [4.78, 5) is 12.0. The van der Waals surface area contributed by atoms with Gasteiger partial charge in [0.05, 0.1) is 6.42 Å². The molecule has 3 nitrogen and oxygen atoms in total. The van der Waals surface area contributed by atoms with Crippen molar-refractivity contribution in [2.45, 2.75) is 38.7 Å². The molecule has 104 valence electrons. The van der Waals surface area contributed by atoms with Crippen LogP contribution in [-0.4, -0.2) is 24.7 Å². The SMILES string of the molecule is CC(C)(OC(=O)Cc1ccccc1)C1CCNCC1. The minimum absolute atomic E-state index is 0.130. The molecule has 1 aliphatic heterocycles. The lowest BCUT2D eigenvalue weighted by atomic mass is 9.83. The molecule has 1 aromatic carbocycles. The predicted octanol–water partition coefficient (Wildman–Crippen LogP) is 2.55. The fourth-order valence-electron chi connectivity index (χ4n) is 2.69. The standard InChI is InChI=1S/C16H23NO2/c1-16(2,14-8-10-17-11-9-14)19-15(18)12-13-6-4-3-5-7-13/h3-7,14,17H,8-12H2,1-2H3. The predicted molar refractivity (Wildman–Crippen MR) is 75.9 cm³/mol. The zero-order valence-corrected chi connectivity index (χ0v) is 11.8. The largest absolute Gasteiger partial charge is 0.459 e. The second-order valence-electron chi connectivity index (χ2n) is 5.76. The van der Waals surface area contributed by atoms with E-state index in [1.165, 1.54) is 0 Å². The molecular formula is C16H23NO2. The first kappa shape index (κ1) is 14.1. The number of carbonyl (C=O) groups is 1. The smallest absolute Gasteiger partial charge is 0.310 e. The molecule has 1 aliphatic rings. The van der Waals surface area contributed by atoms with Crippen molar-refractivity contribution >= 4 is 5.97 Å². The molecule has 0 spiro atoms. The quantitative estimate of drug-likeness (QED) is 0.847. The van der Waals surface area contributed by atoms with Gasteiger partial charge >= 0.3 is 5.97 Å². The first-order valence-corrected chi connectivity index (χ1v) is 7.04. The molecule has 0 unspecified atom stereocenters. The van der Waals surface area contributed by atoms with Crippen LogP contribution in [0.15, 0.2) is 30.3 Å². The molecule has 0 saturated carbocycles. The van der Waals surface area contributed by atoms with Crippen LogP contribution >= 0.6 is 0 Å². The van der Waals surface area contributed by atoms with Gasteiger partial charge in [0.15, 0.2) is 0 Å². The highest BCUT2D eigenvalue weighted by atomic mass is 16.6. The number of hydrogen-bond acceptors (Lipinski definition) is 3. The topological polar surface area (TPSA) is 38.3 Å². The summed E-state index contributed by atoms with van der Waals surface area (Å²) in [7, 11) is 0. The normalized spacial score (nSPS) is 17.2. The summed E-state index contributed by atoms with van der Waals surface area (Å²) in [5, 5.41) is 3.34. The van der Waals surface area contributed by atoms with Crippen molar-refractivity contribution in [2.75, 3.05) is 13.1 Å². The summed E-state index contributed by atoms with van der Waals surface area (Å²) in [6, 6.07) is 9.76. The van der Waals surface area contributed by atoms with Crippen LogP contribution in [0, 0.1) is 5.92 Å². The Morgan fingerprint density at radius 2 is 1.89 bits per heavy atom. The van der Waals surface area contributed by atoms with Crippen molar-refractivity contribution in [2.24, 2.45) is 5.92 Å². The van der Waals surface area contributed by atoms with Crippen molar-refractivity contribution in [3.8, 4) is 0 Å². The maximum atomic E-state index is 12.0. The van der Waals surface area contributed by atoms with Gasteiger partial charge in [-0.2, -0.15) is 0 Å². The first-order chi connectivity index (χ1) is 9.08. The fourth-order valence-corrected chi connectivity index (χ4v) is 2.69. The Kier molecular flexibility index (Phi) is 4.59. The van der Waals surface area contributed by atoms with Crippen LogP contribution < -0.4 is 5.32 Å². The molecule has 0 amide bonds. The van der Waals surface area contributed by atoms with Gasteiger partial charge in [0.2, 0.25) is 0 Å². The van der Waals surface area contributed by atoms with Crippen LogP contribution in [0.2, 0.25) is 0 Å². The van der Waals surface area contributed by atoms with Crippen LogP contribution in [0.4, 0.5) is 0 Å². The number of hydrogen-bond donors (Lipinski definition) is 1. The molecule has 1 fully saturated rings. The number of ether oxygens (including phenoxy) is 1. The van der Waals surface area contributed by atoms with Crippen LogP contribution in [0.5, 0.6) is 0 Å². The van der Waals surface area contributed by atoms with Gasteiger partial charge in [-0.05, 0) is 45.3 Å². The van der Waals surface area contributed by atoms with Gasteiger partial charge in [-0.15, -0.1) is 0 Å². The molecule has 0 aliphatic carbocycles. The monoisotopic (exact) mass is 261 g/mol. The van der Waals surface area contributed by atoms with E-state index in [0.29, 0.717) is 12.3 Å². The molecule has 0 aromatic heterocycles. The van der Waals surface area contributed by atoms with Gasteiger partial charge in [0.25, 0.3) is 0 Å². The highest BCUT2D eigenvalue weighted by Gasteiger charge is 2.33. The molecule has 1 aromatic rings. The molecule has 1 saturated heterocycles. The second-order valence-corrected chi connectivity index (χ2v) is 5.76. The number of benzene rings is 1. The number of nitrogens with one attached hydrogen (secondary N) is 1. The van der Waals surface area contributed by atoms with Crippen molar-refractivity contribution in [1.29, 1.82) is 0 Å². The van der Waals surface area contributed by atoms with Crippen LogP contribution in [0.25, 0.3) is 0 Å². The first-order valence-electron chi connectivity index (χ1n) is 7.04. The molecule has 19 heavy (non-hydrogen) atoms. The van der Waals surface area contributed by atoms with E-state index in [9.17, 15) is 4.79 Å². The number of piperidine rings is 1. The Bertz CT molecular complexity index is 408. The zero-order valence-electron chi connectivity index (χ0n) is 11.8. The Labute approximate surface area is 115 Å². The van der Waals surface area contributed by atoms with Gasteiger partial charge in [-0.3, -0.25) is 4.79 Å². The second kappa shape index (κ2) is 6.20. The summed E-state index contributed by atoms with van der Waals surface area (Å²) < 4.78 is 5.71. The van der Waals surface area contributed by atoms with E-state index >= 15 is 0 Å². The molecule has 0 bridgehead atoms. The van der Waals surface area contributed by atoms with Crippen LogP contribution in [0.1, 0.15) is 32.3 Å². The van der Waals surface area contributed by atoms with Gasteiger partial charge in [0.1, 0.15) is 5.60 Å². The third kappa shape index (κ3) is 4.06. The van der Waals surface area contributed by atoms with E-state index in [-0.39, 0.29) is 11.6 Å². The van der Waals surface area contributed by atoms with E-state index in [0.717, 1.165) is 31.5 Å². The lowest BCUT2D eigenvalue weighted by Gasteiger charge is -2.36. The molecular weight excluding hydrogens is 238 g/mol. The minimum Gasteiger partial charge on any atom is -0.459 e. The Hall–Kier alpha value is -1.35. The van der Waals surface area contributed by atoms with E-state index in [4.69, 9.17) is 4.74 Å². The molecule has 2 rings (SSSR count). The molecule has 0 radical (unpaired) electrons. The highest BCUT2D eigenvalue weighted by Crippen LogP contribution is 2.29. The van der Waals surface area contributed by atoms with Crippen LogP contribution in [-0.2, 0) is 16.0 Å². The zero-order chi connectivity index (χ0) is 13.7. The average Bonchev–Trinajstić information content (AvgIpc) is 2.40. The number of esters is 1. The summed E-state index contributed by atoms with van der Waals surface area (Å²) in [5.41, 5.74) is 0.641.